The van der Waals surface area contributed by atoms with Gasteiger partial charge in [0.15, 0.2) is 5.82 Å². The van der Waals surface area contributed by atoms with Crippen molar-refractivity contribution in [1.29, 1.82) is 0 Å². The molecule has 0 bridgehead atoms. The minimum atomic E-state index is -0.924. The van der Waals surface area contributed by atoms with E-state index < -0.39 is 6.09 Å². The third-order valence-electron chi connectivity index (χ3n) is 5.93. The second-order valence-electron chi connectivity index (χ2n) is 8.90. The lowest BCUT2D eigenvalue weighted by Crippen LogP contribution is -2.54. The number of likely N-dealkylation sites (tertiary alicyclic amines) is 1. The second kappa shape index (κ2) is 9.26. The summed E-state index contributed by atoms with van der Waals surface area (Å²) in [6.45, 7) is 5.25. The number of carbonyl (C=O) groups is 1. The lowest BCUT2D eigenvalue weighted by molar-refractivity contribution is -0.0531. The van der Waals surface area contributed by atoms with Gasteiger partial charge >= 0.3 is 6.09 Å². The summed E-state index contributed by atoms with van der Waals surface area (Å²) in [6.07, 6.45) is 4.43. The summed E-state index contributed by atoms with van der Waals surface area (Å²) in [4.78, 5) is 21.6. The molecule has 0 aliphatic carbocycles. The fourth-order valence-electron chi connectivity index (χ4n) is 3.89. The number of rotatable bonds is 7. The molecular formula is C24H26N8O3. The average molecular weight is 475 g/mol. The van der Waals surface area contributed by atoms with Crippen molar-refractivity contribution < 1.29 is 14.6 Å². The van der Waals surface area contributed by atoms with Gasteiger partial charge in [-0.2, -0.15) is 10.2 Å². The maximum absolute atomic E-state index is 10.9. The first-order valence-electron chi connectivity index (χ1n) is 11.3. The lowest BCUT2D eigenvalue weighted by atomic mass is 10.1. The van der Waals surface area contributed by atoms with Gasteiger partial charge in [0.1, 0.15) is 5.82 Å². The van der Waals surface area contributed by atoms with Crippen molar-refractivity contribution in [3.8, 4) is 11.1 Å². The Balaban J connectivity index is 1.36. The minimum Gasteiger partial charge on any atom is -0.465 e. The van der Waals surface area contributed by atoms with E-state index in [-0.39, 0.29) is 12.7 Å². The highest BCUT2D eigenvalue weighted by atomic mass is 16.5. The van der Waals surface area contributed by atoms with Crippen molar-refractivity contribution in [2.24, 2.45) is 7.05 Å². The van der Waals surface area contributed by atoms with E-state index in [9.17, 15) is 4.79 Å². The highest BCUT2D eigenvalue weighted by Gasteiger charge is 2.31. The molecule has 11 heteroatoms. The quantitative estimate of drug-likeness (QED) is 0.413. The van der Waals surface area contributed by atoms with E-state index in [0.29, 0.717) is 30.6 Å². The first-order chi connectivity index (χ1) is 16.9. The van der Waals surface area contributed by atoms with Gasteiger partial charge in [-0.15, -0.1) is 5.10 Å². The Bertz CT molecular complexity index is 1380. The number of anilines is 2. The van der Waals surface area contributed by atoms with Gasteiger partial charge in [0, 0.05) is 30.6 Å². The molecule has 180 valence electrons. The van der Waals surface area contributed by atoms with Crippen LogP contribution in [0.5, 0.6) is 0 Å². The van der Waals surface area contributed by atoms with E-state index in [4.69, 9.17) is 14.8 Å². The first-order valence-corrected chi connectivity index (χ1v) is 11.3. The third kappa shape index (κ3) is 4.90. The lowest BCUT2D eigenvalue weighted by Gasteiger charge is -2.36. The molecule has 4 aromatic rings. The maximum atomic E-state index is 10.9. The topological polar surface area (TPSA) is 131 Å². The Morgan fingerprint density at radius 1 is 1.20 bits per heavy atom. The van der Waals surface area contributed by atoms with Crippen LogP contribution < -0.4 is 5.32 Å². The predicted molar refractivity (Wildman–Crippen MR) is 129 cm³/mol. The number of amides is 1. The Morgan fingerprint density at radius 3 is 2.80 bits per heavy atom. The molecule has 0 radical (unpaired) electrons. The monoisotopic (exact) mass is 474 g/mol. The van der Waals surface area contributed by atoms with Gasteiger partial charge in [-0.25, -0.2) is 9.78 Å². The van der Waals surface area contributed by atoms with Gasteiger partial charge < -0.3 is 20.1 Å². The molecule has 0 atom stereocenters. The Kier molecular flexibility index (Phi) is 6.00. The summed E-state index contributed by atoms with van der Waals surface area (Å²) in [7, 11) is 1.85. The van der Waals surface area contributed by atoms with Crippen LogP contribution in [0, 0.1) is 0 Å². The largest absolute Gasteiger partial charge is 0.465 e. The molecule has 1 saturated heterocycles. The van der Waals surface area contributed by atoms with Crippen LogP contribution in [-0.4, -0.2) is 65.2 Å². The zero-order valence-corrected chi connectivity index (χ0v) is 19.7. The molecular weight excluding hydrogens is 448 g/mol. The molecule has 0 unspecified atom stereocenters. The molecule has 1 aliphatic rings. The van der Waals surface area contributed by atoms with Gasteiger partial charge in [-0.1, -0.05) is 13.8 Å². The van der Waals surface area contributed by atoms with E-state index in [1.807, 2.05) is 37.5 Å². The smallest absolute Gasteiger partial charge is 0.407 e. The maximum Gasteiger partial charge on any atom is 0.407 e. The molecule has 5 rings (SSSR count). The minimum absolute atomic E-state index is 0.122. The zero-order chi connectivity index (χ0) is 24.5. The van der Waals surface area contributed by atoms with Crippen LogP contribution in [-0.2, 0) is 18.4 Å². The van der Waals surface area contributed by atoms with Crippen molar-refractivity contribution in [3.05, 3.63) is 54.1 Å². The number of aromatic nitrogens is 6. The fourth-order valence-corrected chi connectivity index (χ4v) is 3.89. The molecule has 11 nitrogen and oxygen atoms in total. The molecule has 1 fully saturated rings. The summed E-state index contributed by atoms with van der Waals surface area (Å²) < 4.78 is 7.61. The van der Waals surface area contributed by atoms with E-state index in [1.165, 1.54) is 4.90 Å². The first kappa shape index (κ1) is 22.7. The summed E-state index contributed by atoms with van der Waals surface area (Å²) in [5.74, 6) is 1.63. The summed E-state index contributed by atoms with van der Waals surface area (Å²) >= 11 is 0. The molecule has 0 aromatic carbocycles. The molecule has 4 aromatic heterocycles. The SMILES string of the molecule is CC(C)c1cnnc(Nc2ccc3ncc(-c4cn(C)nc4COC4CN(C(=O)O)C4)cc3n2)c1. The van der Waals surface area contributed by atoms with Gasteiger partial charge in [-0.05, 0) is 35.7 Å². The number of pyridine rings is 2. The second-order valence-corrected chi connectivity index (χ2v) is 8.90. The fraction of sp³-hybridized carbons (Fsp3) is 0.333. The number of hydrogen-bond donors (Lipinski definition) is 2. The van der Waals surface area contributed by atoms with Crippen molar-refractivity contribution in [1.82, 2.24) is 34.8 Å². The van der Waals surface area contributed by atoms with Crippen LogP contribution in [0.25, 0.3) is 22.2 Å². The predicted octanol–water partition coefficient (Wildman–Crippen LogP) is 3.57. The van der Waals surface area contributed by atoms with E-state index >= 15 is 0 Å². The molecule has 0 saturated carbocycles. The van der Waals surface area contributed by atoms with E-state index in [1.54, 1.807) is 17.1 Å². The van der Waals surface area contributed by atoms with Crippen molar-refractivity contribution in [3.63, 3.8) is 0 Å². The number of nitrogens with zero attached hydrogens (tertiary/aromatic N) is 7. The number of carboxylic acid groups (broad SMARTS) is 1. The number of hydrogen-bond acceptors (Lipinski definition) is 8. The Morgan fingerprint density at radius 2 is 2.03 bits per heavy atom. The van der Waals surface area contributed by atoms with Crippen molar-refractivity contribution in [2.75, 3.05) is 18.4 Å². The van der Waals surface area contributed by atoms with Gasteiger partial charge in [-0.3, -0.25) is 9.67 Å². The third-order valence-corrected chi connectivity index (χ3v) is 5.93. The average Bonchev–Trinajstić information content (AvgIpc) is 3.18. The van der Waals surface area contributed by atoms with E-state index in [2.05, 4.69) is 39.4 Å². The number of fused-ring (bicyclic) bond motifs is 1. The number of ether oxygens (including phenoxy) is 1. The number of aryl methyl sites for hydroxylation is 1. The Labute approximate surface area is 201 Å². The molecule has 5 heterocycles. The Hall–Kier alpha value is -4.12. The highest BCUT2D eigenvalue weighted by Crippen LogP contribution is 2.27. The van der Waals surface area contributed by atoms with Crippen LogP contribution in [0.3, 0.4) is 0 Å². The highest BCUT2D eigenvalue weighted by molar-refractivity contribution is 5.82. The van der Waals surface area contributed by atoms with Gasteiger partial charge in [0.05, 0.1) is 48.7 Å². The molecule has 1 amide bonds. The van der Waals surface area contributed by atoms with Crippen LogP contribution in [0.2, 0.25) is 0 Å². The van der Waals surface area contributed by atoms with Crippen molar-refractivity contribution >= 4 is 28.8 Å². The summed E-state index contributed by atoms with van der Waals surface area (Å²) in [6, 6.07) is 7.71. The number of nitrogens with one attached hydrogen (secondary N) is 1. The summed E-state index contributed by atoms with van der Waals surface area (Å²) in [5.41, 5.74) is 5.12. The van der Waals surface area contributed by atoms with E-state index in [0.717, 1.165) is 33.4 Å². The normalized spacial score (nSPS) is 13.9. The zero-order valence-electron chi connectivity index (χ0n) is 19.7. The van der Waals surface area contributed by atoms with Crippen molar-refractivity contribution in [2.45, 2.75) is 32.5 Å². The van der Waals surface area contributed by atoms with Gasteiger partial charge in [0.25, 0.3) is 0 Å². The van der Waals surface area contributed by atoms with Crippen LogP contribution in [0.1, 0.15) is 31.0 Å². The van der Waals surface area contributed by atoms with Gasteiger partial charge in [0.2, 0.25) is 0 Å². The molecule has 1 aliphatic heterocycles. The summed E-state index contributed by atoms with van der Waals surface area (Å²) in [5, 5.41) is 25.0. The molecule has 0 spiro atoms. The van der Waals surface area contributed by atoms with Crippen LogP contribution >= 0.6 is 0 Å². The molecule has 2 N–H and O–H groups in total. The van der Waals surface area contributed by atoms with Crippen LogP contribution in [0.15, 0.2) is 42.9 Å². The molecule has 35 heavy (non-hydrogen) atoms. The standard InChI is InChI=1S/C24H26N8O3/c1-14(2)15-7-23(29-26-9-15)28-22-5-4-19-20(27-22)6-16(8-25-19)18-12-31(3)30-21(18)13-35-17-10-32(11-17)24(33)34/h4-9,12,14,17H,10-11,13H2,1-3H3,(H,33,34)(H,27,28,29). The van der Waals surface area contributed by atoms with Crippen LogP contribution in [0.4, 0.5) is 16.4 Å².